The van der Waals surface area contributed by atoms with Gasteiger partial charge in [0.1, 0.15) is 22.9 Å². The molecule has 0 saturated carbocycles. The number of nitrogens with one attached hydrogen (secondary N) is 1. The van der Waals surface area contributed by atoms with Crippen molar-refractivity contribution in [2.45, 2.75) is 12.3 Å². The van der Waals surface area contributed by atoms with Gasteiger partial charge in [-0.05, 0) is 48.4 Å². The van der Waals surface area contributed by atoms with Crippen molar-refractivity contribution in [3.63, 3.8) is 0 Å². The molecule has 4 N–H and O–H groups in total. The molecule has 0 amide bonds. The number of aromatic amines is 1. The summed E-state index contributed by atoms with van der Waals surface area (Å²) in [7, 11) is 0. The van der Waals surface area contributed by atoms with E-state index in [1.54, 1.807) is 24.3 Å². The Morgan fingerprint density at radius 1 is 1.23 bits per heavy atom. The molecule has 2 aromatic heterocycles. The predicted molar refractivity (Wildman–Crippen MR) is 107 cm³/mol. The lowest BCUT2D eigenvalue weighted by Crippen LogP contribution is -2.20. The number of hydrogen-bond donors (Lipinski definition) is 3. The standard InChI is InChI=1S/C21H16FN5O3/c22-14-7-11(15-3-4-24-21(23)26-15)8-16-18(14)27-19(25-16)13-6-12-5-10(20(28)29)1-2-17(12)30-9-13/h1-5,7-8,13H,6,9H2,(H,25,27)(H,28,29)(H2,23,24,26). The molecule has 1 aliphatic rings. The summed E-state index contributed by atoms with van der Waals surface area (Å²) >= 11 is 0. The lowest BCUT2D eigenvalue weighted by atomic mass is 9.95. The average molecular weight is 405 g/mol. The summed E-state index contributed by atoms with van der Waals surface area (Å²) in [6.45, 7) is 0.357. The van der Waals surface area contributed by atoms with E-state index in [0.717, 1.165) is 5.56 Å². The third kappa shape index (κ3) is 3.10. The second kappa shape index (κ2) is 6.80. The van der Waals surface area contributed by atoms with Crippen LogP contribution in [0.1, 0.15) is 27.7 Å². The Hall–Kier alpha value is -4.01. The molecular weight excluding hydrogens is 389 g/mol. The summed E-state index contributed by atoms with van der Waals surface area (Å²) in [5.41, 5.74) is 8.41. The van der Waals surface area contributed by atoms with Crippen molar-refractivity contribution in [1.82, 2.24) is 19.9 Å². The van der Waals surface area contributed by atoms with Gasteiger partial charge in [-0.15, -0.1) is 0 Å². The van der Waals surface area contributed by atoms with E-state index in [1.807, 2.05) is 0 Å². The average Bonchev–Trinajstić information content (AvgIpc) is 3.18. The number of H-pyrrole nitrogens is 1. The molecule has 4 aromatic rings. The number of hydrogen-bond acceptors (Lipinski definition) is 6. The number of anilines is 1. The number of carboxylic acid groups (broad SMARTS) is 1. The molecule has 1 atom stereocenters. The molecule has 0 bridgehead atoms. The van der Waals surface area contributed by atoms with Crippen LogP contribution in [0, 0.1) is 5.82 Å². The molecule has 0 fully saturated rings. The van der Waals surface area contributed by atoms with Crippen LogP contribution in [0.15, 0.2) is 42.6 Å². The number of ether oxygens (including phenoxy) is 1. The monoisotopic (exact) mass is 405 g/mol. The summed E-state index contributed by atoms with van der Waals surface area (Å²) in [6, 6.07) is 9.53. The maximum Gasteiger partial charge on any atom is 0.335 e. The molecule has 3 heterocycles. The fourth-order valence-electron chi connectivity index (χ4n) is 3.67. The van der Waals surface area contributed by atoms with Crippen molar-refractivity contribution in [3.05, 3.63) is 65.4 Å². The number of nitrogens with zero attached hydrogens (tertiary/aromatic N) is 3. The number of halogens is 1. The first-order valence-electron chi connectivity index (χ1n) is 9.25. The van der Waals surface area contributed by atoms with Gasteiger partial charge in [-0.2, -0.15) is 0 Å². The van der Waals surface area contributed by atoms with Crippen LogP contribution in [0.3, 0.4) is 0 Å². The first kappa shape index (κ1) is 18.0. The van der Waals surface area contributed by atoms with E-state index in [0.29, 0.717) is 46.9 Å². The van der Waals surface area contributed by atoms with E-state index in [1.165, 1.54) is 18.3 Å². The number of nitrogens with two attached hydrogens (primary N) is 1. The minimum atomic E-state index is -0.997. The topological polar surface area (TPSA) is 127 Å². The number of nitrogen functional groups attached to an aromatic ring is 1. The van der Waals surface area contributed by atoms with Crippen molar-refractivity contribution in [2.75, 3.05) is 12.3 Å². The van der Waals surface area contributed by atoms with Gasteiger partial charge in [-0.25, -0.2) is 24.1 Å². The molecule has 150 valence electrons. The first-order chi connectivity index (χ1) is 14.5. The molecule has 5 rings (SSSR count). The van der Waals surface area contributed by atoms with E-state index in [2.05, 4.69) is 19.9 Å². The number of carboxylic acids is 1. The van der Waals surface area contributed by atoms with Gasteiger partial charge >= 0.3 is 5.97 Å². The van der Waals surface area contributed by atoms with Crippen LogP contribution in [0.5, 0.6) is 5.75 Å². The fourth-order valence-corrected chi connectivity index (χ4v) is 3.67. The zero-order valence-electron chi connectivity index (χ0n) is 15.6. The van der Waals surface area contributed by atoms with E-state index < -0.39 is 11.8 Å². The fraction of sp³-hybridized carbons (Fsp3) is 0.143. The van der Waals surface area contributed by atoms with Gasteiger partial charge in [-0.3, -0.25) is 0 Å². The van der Waals surface area contributed by atoms with Crippen molar-refractivity contribution in [2.24, 2.45) is 0 Å². The molecule has 1 unspecified atom stereocenters. The third-order valence-electron chi connectivity index (χ3n) is 5.13. The molecule has 1 aliphatic heterocycles. The molecule has 0 aliphatic carbocycles. The number of benzene rings is 2. The van der Waals surface area contributed by atoms with Gasteiger partial charge in [0.25, 0.3) is 0 Å². The minimum Gasteiger partial charge on any atom is -0.493 e. The Kier molecular flexibility index (Phi) is 4.09. The summed E-state index contributed by atoms with van der Waals surface area (Å²) in [5, 5.41) is 9.21. The summed E-state index contributed by atoms with van der Waals surface area (Å²) in [6.07, 6.45) is 2.05. The van der Waals surface area contributed by atoms with E-state index >= 15 is 0 Å². The maximum absolute atomic E-state index is 14.8. The third-order valence-corrected chi connectivity index (χ3v) is 5.13. The van der Waals surface area contributed by atoms with Crippen LogP contribution in [-0.2, 0) is 6.42 Å². The van der Waals surface area contributed by atoms with Gasteiger partial charge in [0.15, 0.2) is 0 Å². The van der Waals surface area contributed by atoms with Crippen molar-refractivity contribution in [3.8, 4) is 17.0 Å². The Morgan fingerprint density at radius 3 is 2.90 bits per heavy atom. The first-order valence-corrected chi connectivity index (χ1v) is 9.25. The molecule has 30 heavy (non-hydrogen) atoms. The van der Waals surface area contributed by atoms with Gasteiger partial charge in [0.2, 0.25) is 5.95 Å². The van der Waals surface area contributed by atoms with Gasteiger partial charge in [0, 0.05) is 11.8 Å². The number of imidazole rings is 1. The SMILES string of the molecule is Nc1nccc(-c2cc(F)c3[nH]c(C4COc5ccc(C(=O)O)cc5C4)nc3c2)n1. The van der Waals surface area contributed by atoms with Gasteiger partial charge in [0.05, 0.1) is 29.3 Å². The van der Waals surface area contributed by atoms with Crippen LogP contribution in [0.25, 0.3) is 22.3 Å². The molecule has 0 saturated heterocycles. The van der Waals surface area contributed by atoms with Gasteiger partial charge in [-0.1, -0.05) is 0 Å². The predicted octanol–water partition coefficient (Wildman–Crippen LogP) is 3.16. The lowest BCUT2D eigenvalue weighted by Gasteiger charge is -2.24. The highest BCUT2D eigenvalue weighted by molar-refractivity contribution is 5.88. The highest BCUT2D eigenvalue weighted by Gasteiger charge is 2.25. The zero-order chi connectivity index (χ0) is 20.8. The molecule has 0 radical (unpaired) electrons. The second-order valence-electron chi connectivity index (χ2n) is 7.11. The summed E-state index contributed by atoms with van der Waals surface area (Å²) in [4.78, 5) is 26.8. The number of fused-ring (bicyclic) bond motifs is 2. The van der Waals surface area contributed by atoms with Crippen molar-refractivity contribution < 1.29 is 19.0 Å². The van der Waals surface area contributed by atoms with Crippen LogP contribution in [0.4, 0.5) is 10.3 Å². The number of carbonyl (C=O) groups is 1. The molecular formula is C21H16FN5O3. The highest BCUT2D eigenvalue weighted by Crippen LogP contribution is 2.34. The number of aromatic nitrogens is 4. The van der Waals surface area contributed by atoms with E-state index in [-0.39, 0.29) is 17.4 Å². The van der Waals surface area contributed by atoms with Crippen LogP contribution in [0.2, 0.25) is 0 Å². The zero-order valence-corrected chi connectivity index (χ0v) is 15.6. The van der Waals surface area contributed by atoms with Crippen LogP contribution < -0.4 is 10.5 Å². The van der Waals surface area contributed by atoms with Gasteiger partial charge < -0.3 is 20.6 Å². The van der Waals surface area contributed by atoms with E-state index in [4.69, 9.17) is 10.5 Å². The Morgan fingerprint density at radius 2 is 2.10 bits per heavy atom. The molecule has 9 heteroatoms. The normalized spacial score (nSPS) is 15.6. The number of rotatable bonds is 3. The Bertz CT molecular complexity index is 1300. The quantitative estimate of drug-likeness (QED) is 0.478. The summed E-state index contributed by atoms with van der Waals surface area (Å²) in [5.74, 6) is -0.273. The lowest BCUT2D eigenvalue weighted by molar-refractivity contribution is 0.0696. The molecule has 0 spiro atoms. The van der Waals surface area contributed by atoms with Crippen LogP contribution in [-0.4, -0.2) is 37.6 Å². The van der Waals surface area contributed by atoms with Crippen molar-refractivity contribution in [1.29, 1.82) is 0 Å². The largest absolute Gasteiger partial charge is 0.493 e. The smallest absolute Gasteiger partial charge is 0.335 e. The van der Waals surface area contributed by atoms with Crippen LogP contribution >= 0.6 is 0 Å². The second-order valence-corrected chi connectivity index (χ2v) is 7.11. The Labute approximate surface area is 169 Å². The molecule has 2 aromatic carbocycles. The Balaban J connectivity index is 1.50. The highest BCUT2D eigenvalue weighted by atomic mass is 19.1. The van der Waals surface area contributed by atoms with Crippen molar-refractivity contribution >= 4 is 23.0 Å². The minimum absolute atomic E-state index is 0.106. The maximum atomic E-state index is 14.8. The number of aromatic carboxylic acids is 1. The molecule has 8 nitrogen and oxygen atoms in total. The summed E-state index contributed by atoms with van der Waals surface area (Å²) < 4.78 is 20.5. The van der Waals surface area contributed by atoms with E-state index in [9.17, 15) is 14.3 Å².